The second kappa shape index (κ2) is 13.1. The molecule has 0 fully saturated rings. The average molecular weight is 599 g/mol. The lowest BCUT2D eigenvalue weighted by atomic mass is 10.2. The highest BCUT2D eigenvalue weighted by Gasteiger charge is 2.16. The Hall–Kier alpha value is -2.72. The van der Waals surface area contributed by atoms with Gasteiger partial charge in [0.2, 0.25) is 0 Å². The van der Waals surface area contributed by atoms with Crippen molar-refractivity contribution < 1.29 is 21.6 Å². The molecule has 0 saturated carbocycles. The van der Waals surface area contributed by atoms with Crippen molar-refractivity contribution in [1.29, 1.82) is 0 Å². The van der Waals surface area contributed by atoms with Crippen LogP contribution in [0.2, 0.25) is 0 Å². The molecule has 0 aliphatic heterocycles. The summed E-state index contributed by atoms with van der Waals surface area (Å²) in [5, 5.41) is 0. The lowest BCUT2D eigenvalue weighted by Crippen LogP contribution is -2.09. The van der Waals surface area contributed by atoms with Gasteiger partial charge in [-0.25, -0.2) is 16.8 Å². The van der Waals surface area contributed by atoms with Crippen LogP contribution >= 0.6 is 23.5 Å². The van der Waals surface area contributed by atoms with E-state index in [1.807, 2.05) is 62.4 Å². The van der Waals surface area contributed by atoms with E-state index in [0.717, 1.165) is 9.79 Å². The largest absolute Gasteiger partial charge is 0.457 e. The zero-order chi connectivity index (χ0) is 27.9. The molecule has 0 aliphatic carbocycles. The molecule has 0 saturated heterocycles. The quantitative estimate of drug-likeness (QED) is 0.159. The molecule has 0 aromatic heterocycles. The van der Waals surface area contributed by atoms with E-state index in [9.17, 15) is 16.8 Å². The zero-order valence-corrected chi connectivity index (χ0v) is 25.0. The SMILES string of the molecule is Cc1ccc(SCCS(=O)(=O)c2ccc(Oc3ccc(S(=O)(=O)CCSc4ccc(C)cc4)cc3)cc2)cc1. The number of sulfone groups is 2. The Kier molecular flexibility index (Phi) is 9.82. The van der Waals surface area contributed by atoms with Gasteiger partial charge in [0.25, 0.3) is 0 Å². The molecule has 39 heavy (non-hydrogen) atoms. The van der Waals surface area contributed by atoms with Gasteiger partial charge in [-0.05, 0) is 86.6 Å². The molecule has 0 aliphatic rings. The molecule has 5 nitrogen and oxygen atoms in total. The number of benzene rings is 4. The van der Waals surface area contributed by atoms with E-state index in [2.05, 4.69) is 0 Å². The van der Waals surface area contributed by atoms with Crippen molar-refractivity contribution in [1.82, 2.24) is 0 Å². The molecule has 0 atom stereocenters. The highest BCUT2D eigenvalue weighted by Crippen LogP contribution is 2.27. The van der Waals surface area contributed by atoms with Crippen LogP contribution < -0.4 is 4.74 Å². The van der Waals surface area contributed by atoms with E-state index >= 15 is 0 Å². The van der Waals surface area contributed by atoms with Crippen LogP contribution in [0, 0.1) is 13.8 Å². The van der Waals surface area contributed by atoms with Gasteiger partial charge >= 0.3 is 0 Å². The summed E-state index contributed by atoms with van der Waals surface area (Å²) in [7, 11) is -6.85. The van der Waals surface area contributed by atoms with E-state index in [-0.39, 0.29) is 21.3 Å². The van der Waals surface area contributed by atoms with E-state index in [0.29, 0.717) is 23.0 Å². The lowest BCUT2D eigenvalue weighted by molar-refractivity contribution is 0.481. The normalized spacial score (nSPS) is 11.8. The summed E-state index contributed by atoms with van der Waals surface area (Å²) in [5.41, 5.74) is 2.33. The van der Waals surface area contributed by atoms with E-state index in [4.69, 9.17) is 4.74 Å². The predicted octanol–water partition coefficient (Wildman–Crippen LogP) is 7.23. The van der Waals surface area contributed by atoms with Crippen LogP contribution in [0.25, 0.3) is 0 Å². The van der Waals surface area contributed by atoms with Crippen molar-refractivity contribution in [2.75, 3.05) is 23.0 Å². The molecule has 204 valence electrons. The number of hydrogen-bond acceptors (Lipinski definition) is 7. The molecule has 0 N–H and O–H groups in total. The number of ether oxygens (including phenoxy) is 1. The van der Waals surface area contributed by atoms with Crippen LogP contribution in [0.15, 0.2) is 117 Å². The molecule has 0 bridgehead atoms. The van der Waals surface area contributed by atoms with Crippen molar-refractivity contribution in [3.63, 3.8) is 0 Å². The van der Waals surface area contributed by atoms with Gasteiger partial charge in [0.15, 0.2) is 19.7 Å². The van der Waals surface area contributed by atoms with Crippen molar-refractivity contribution >= 4 is 43.2 Å². The molecule has 0 unspecified atom stereocenters. The Balaban J connectivity index is 1.29. The predicted molar refractivity (Wildman–Crippen MR) is 161 cm³/mol. The fraction of sp³-hybridized carbons (Fsp3) is 0.200. The number of rotatable bonds is 12. The van der Waals surface area contributed by atoms with Gasteiger partial charge in [0, 0.05) is 21.3 Å². The smallest absolute Gasteiger partial charge is 0.179 e. The molecule has 4 rings (SSSR count). The van der Waals surface area contributed by atoms with Crippen molar-refractivity contribution in [2.45, 2.75) is 33.4 Å². The van der Waals surface area contributed by atoms with Crippen LogP contribution in [0.1, 0.15) is 11.1 Å². The Labute approximate surface area is 239 Å². The van der Waals surface area contributed by atoms with Gasteiger partial charge in [-0.3, -0.25) is 0 Å². The second-order valence-electron chi connectivity index (χ2n) is 9.01. The molecule has 0 amide bonds. The first-order chi connectivity index (χ1) is 18.6. The fourth-order valence-electron chi connectivity index (χ4n) is 3.61. The highest BCUT2D eigenvalue weighted by molar-refractivity contribution is 8.01. The monoisotopic (exact) mass is 598 g/mol. The maximum atomic E-state index is 12.7. The van der Waals surface area contributed by atoms with Crippen LogP contribution in [-0.2, 0) is 19.7 Å². The van der Waals surface area contributed by atoms with Gasteiger partial charge in [0.05, 0.1) is 21.3 Å². The van der Waals surface area contributed by atoms with Gasteiger partial charge in [0.1, 0.15) is 11.5 Å². The van der Waals surface area contributed by atoms with Crippen molar-refractivity contribution in [3.05, 3.63) is 108 Å². The van der Waals surface area contributed by atoms with Crippen LogP contribution in [-0.4, -0.2) is 39.8 Å². The minimum Gasteiger partial charge on any atom is -0.457 e. The van der Waals surface area contributed by atoms with Gasteiger partial charge in [-0.1, -0.05) is 35.4 Å². The Morgan fingerprint density at radius 1 is 0.513 bits per heavy atom. The average Bonchev–Trinajstić information content (AvgIpc) is 2.91. The summed E-state index contributed by atoms with van der Waals surface area (Å²) in [4.78, 5) is 2.56. The first kappa shape index (κ1) is 29.3. The van der Waals surface area contributed by atoms with Gasteiger partial charge in [-0.15, -0.1) is 23.5 Å². The van der Waals surface area contributed by atoms with Crippen LogP contribution in [0.5, 0.6) is 11.5 Å². The highest BCUT2D eigenvalue weighted by atomic mass is 32.2. The molecule has 0 heterocycles. The first-order valence-corrected chi connectivity index (χ1v) is 17.6. The van der Waals surface area contributed by atoms with Crippen molar-refractivity contribution in [3.8, 4) is 11.5 Å². The van der Waals surface area contributed by atoms with Gasteiger partial charge in [-0.2, -0.15) is 0 Å². The molecule has 9 heteroatoms. The second-order valence-corrected chi connectivity index (χ2v) is 15.6. The Bertz CT molecular complexity index is 1460. The third-order valence-corrected chi connectivity index (χ3v) is 11.9. The van der Waals surface area contributed by atoms with Crippen molar-refractivity contribution in [2.24, 2.45) is 0 Å². The topological polar surface area (TPSA) is 77.5 Å². The third-order valence-electron chi connectivity index (χ3n) is 5.88. The zero-order valence-electron chi connectivity index (χ0n) is 21.7. The number of hydrogen-bond donors (Lipinski definition) is 0. The fourth-order valence-corrected chi connectivity index (χ4v) is 8.73. The number of aryl methyl sites for hydroxylation is 2. The summed E-state index contributed by atoms with van der Waals surface area (Å²) < 4.78 is 56.7. The minimum absolute atomic E-state index is 0.0329. The van der Waals surface area contributed by atoms with E-state index < -0.39 is 19.7 Å². The van der Waals surface area contributed by atoms with Crippen LogP contribution in [0.4, 0.5) is 0 Å². The standard InChI is InChI=1S/C30H30O5S4/c1-23-3-11-27(12-4-23)36-19-21-38(31,32)29-15-7-25(8-16-29)35-26-9-17-30(18-10-26)39(33,34)22-20-37-28-13-5-24(2)6-14-28/h3-18H,19-22H2,1-2H3. The summed E-state index contributed by atoms with van der Waals surface area (Å²) in [6, 6.07) is 28.6. The number of thioether (sulfide) groups is 2. The molecular formula is C30H30O5S4. The first-order valence-electron chi connectivity index (χ1n) is 12.3. The molecular weight excluding hydrogens is 569 g/mol. The maximum absolute atomic E-state index is 12.7. The minimum atomic E-state index is -3.42. The Morgan fingerprint density at radius 3 is 1.18 bits per heavy atom. The molecule has 4 aromatic carbocycles. The van der Waals surface area contributed by atoms with E-state index in [1.54, 1.807) is 24.3 Å². The lowest BCUT2D eigenvalue weighted by Gasteiger charge is -2.09. The molecule has 0 radical (unpaired) electrons. The summed E-state index contributed by atoms with van der Waals surface area (Å²) >= 11 is 3.03. The van der Waals surface area contributed by atoms with E-state index in [1.165, 1.54) is 58.9 Å². The Morgan fingerprint density at radius 2 is 0.846 bits per heavy atom. The molecule has 4 aromatic rings. The summed E-state index contributed by atoms with van der Waals surface area (Å²) in [6.07, 6.45) is 0. The molecule has 0 spiro atoms. The van der Waals surface area contributed by atoms with Crippen LogP contribution in [0.3, 0.4) is 0 Å². The maximum Gasteiger partial charge on any atom is 0.179 e. The van der Waals surface area contributed by atoms with Gasteiger partial charge < -0.3 is 4.74 Å². The third kappa shape index (κ3) is 8.63. The summed E-state index contributed by atoms with van der Waals surface area (Å²) in [6.45, 7) is 4.03. The summed E-state index contributed by atoms with van der Waals surface area (Å²) in [5.74, 6) is 1.92.